The van der Waals surface area contributed by atoms with Crippen LogP contribution in [0.25, 0.3) is 0 Å². The lowest BCUT2D eigenvalue weighted by atomic mass is 9.69. The van der Waals surface area contributed by atoms with E-state index in [-0.39, 0.29) is 0 Å². The van der Waals surface area contributed by atoms with Crippen molar-refractivity contribution < 1.29 is 9.47 Å². The second-order valence-electron chi connectivity index (χ2n) is 9.83. The first-order chi connectivity index (χ1) is 15.8. The van der Waals surface area contributed by atoms with E-state index >= 15 is 0 Å². The van der Waals surface area contributed by atoms with Crippen LogP contribution in [0, 0.1) is 17.8 Å². The van der Waals surface area contributed by atoms with Crippen LogP contribution in [-0.2, 0) is 11.3 Å². The van der Waals surface area contributed by atoms with Crippen LogP contribution in [0.4, 0.5) is 5.69 Å². The summed E-state index contributed by atoms with van der Waals surface area (Å²) >= 11 is 0. The van der Waals surface area contributed by atoms with E-state index in [0.29, 0.717) is 12.0 Å². The number of rotatable bonds is 8. The maximum absolute atomic E-state index is 6.16. The van der Waals surface area contributed by atoms with Gasteiger partial charge in [0, 0.05) is 25.2 Å². The standard InChI is InChI=1S/C27H37N3O2/c1-2-6-21(7-3-1)18-31-19-23-9-4-8-22-17-30(13-11-27(22)23)25-14-26(16-28-15-25)32-20-24-10-5-12-29-24/h1-3,6-7,14-16,22-24,27,29H,4-5,8-13,17-20H2/t22?,23-,24-,27?/m0/s1. The second-order valence-corrected chi connectivity index (χ2v) is 9.83. The minimum atomic E-state index is 0.484. The Kier molecular flexibility index (Phi) is 7.24. The summed E-state index contributed by atoms with van der Waals surface area (Å²) in [5, 5.41) is 3.50. The van der Waals surface area contributed by atoms with E-state index in [9.17, 15) is 0 Å². The fourth-order valence-corrected chi connectivity index (χ4v) is 5.93. The molecule has 3 heterocycles. The lowest BCUT2D eigenvalue weighted by Crippen LogP contribution is -2.45. The predicted molar refractivity (Wildman–Crippen MR) is 128 cm³/mol. The quantitative estimate of drug-likeness (QED) is 0.653. The number of piperidine rings is 1. The second kappa shape index (κ2) is 10.7. The number of aromatic nitrogens is 1. The largest absolute Gasteiger partial charge is 0.490 e. The Hall–Kier alpha value is -2.11. The zero-order valence-electron chi connectivity index (χ0n) is 19.1. The molecule has 3 fully saturated rings. The molecular formula is C27H37N3O2. The average molecular weight is 436 g/mol. The van der Waals surface area contributed by atoms with Gasteiger partial charge in [-0.05, 0) is 62.0 Å². The van der Waals surface area contributed by atoms with Crippen LogP contribution in [0.3, 0.4) is 0 Å². The number of nitrogens with one attached hydrogen (secondary N) is 1. The van der Waals surface area contributed by atoms with Gasteiger partial charge in [0.25, 0.3) is 0 Å². The first-order valence-corrected chi connectivity index (χ1v) is 12.5. The first kappa shape index (κ1) is 21.7. The highest BCUT2D eigenvalue weighted by molar-refractivity contribution is 5.48. The Morgan fingerprint density at radius 3 is 2.81 bits per heavy atom. The highest BCUT2D eigenvalue weighted by Gasteiger charge is 2.37. The van der Waals surface area contributed by atoms with E-state index in [1.165, 1.54) is 49.8 Å². The van der Waals surface area contributed by atoms with E-state index in [1.807, 2.05) is 12.4 Å². The number of benzene rings is 1. The molecule has 1 aliphatic carbocycles. The van der Waals surface area contributed by atoms with Crippen molar-refractivity contribution in [1.82, 2.24) is 10.3 Å². The molecule has 5 rings (SSSR count). The summed E-state index contributed by atoms with van der Waals surface area (Å²) in [4.78, 5) is 7.02. The van der Waals surface area contributed by atoms with Gasteiger partial charge < -0.3 is 19.7 Å². The summed E-state index contributed by atoms with van der Waals surface area (Å²) in [6.07, 6.45) is 11.5. The molecule has 0 amide bonds. The molecule has 1 saturated carbocycles. The molecule has 5 nitrogen and oxygen atoms in total. The number of anilines is 1. The van der Waals surface area contributed by atoms with Crippen LogP contribution in [-0.4, -0.2) is 43.9 Å². The number of hydrogen-bond donors (Lipinski definition) is 1. The normalized spacial score (nSPS) is 27.8. The molecule has 1 aromatic heterocycles. The van der Waals surface area contributed by atoms with Gasteiger partial charge in [0.05, 0.1) is 31.3 Å². The highest BCUT2D eigenvalue weighted by atomic mass is 16.5. The van der Waals surface area contributed by atoms with Gasteiger partial charge in [-0.25, -0.2) is 0 Å². The van der Waals surface area contributed by atoms with E-state index in [2.05, 4.69) is 51.6 Å². The Labute approximate surface area is 192 Å². The van der Waals surface area contributed by atoms with Gasteiger partial charge >= 0.3 is 0 Å². The summed E-state index contributed by atoms with van der Waals surface area (Å²) in [5.41, 5.74) is 2.48. The Morgan fingerprint density at radius 2 is 1.94 bits per heavy atom. The smallest absolute Gasteiger partial charge is 0.139 e. The SMILES string of the molecule is c1ccc(COC[C@@H]2CCCC3CN(c4cncc(OC[C@@H]5CCCN5)c4)CCC32)cc1. The van der Waals surface area contributed by atoms with Crippen molar-refractivity contribution in [2.45, 2.75) is 51.2 Å². The summed E-state index contributed by atoms with van der Waals surface area (Å²) < 4.78 is 12.2. The number of fused-ring (bicyclic) bond motifs is 1. The minimum Gasteiger partial charge on any atom is -0.490 e. The first-order valence-electron chi connectivity index (χ1n) is 12.5. The molecule has 1 N–H and O–H groups in total. The average Bonchev–Trinajstić information content (AvgIpc) is 3.37. The predicted octanol–water partition coefficient (Wildman–Crippen LogP) is 4.67. The summed E-state index contributed by atoms with van der Waals surface area (Å²) in [7, 11) is 0. The van der Waals surface area contributed by atoms with Crippen LogP contribution in [0.15, 0.2) is 48.8 Å². The van der Waals surface area contributed by atoms with E-state index in [1.54, 1.807) is 0 Å². The third-order valence-corrected chi connectivity index (χ3v) is 7.67. The molecule has 172 valence electrons. The molecule has 2 aromatic rings. The van der Waals surface area contributed by atoms with E-state index in [4.69, 9.17) is 9.47 Å². The Morgan fingerprint density at radius 1 is 1.00 bits per heavy atom. The van der Waals surface area contributed by atoms with Crippen LogP contribution >= 0.6 is 0 Å². The monoisotopic (exact) mass is 435 g/mol. The topological polar surface area (TPSA) is 46.6 Å². The molecule has 0 radical (unpaired) electrons. The molecule has 0 bridgehead atoms. The van der Waals surface area contributed by atoms with Crippen molar-refractivity contribution in [3.63, 3.8) is 0 Å². The summed E-state index contributed by atoms with van der Waals surface area (Å²) in [6, 6.07) is 13.2. The molecule has 3 aliphatic rings. The van der Waals surface area contributed by atoms with Crippen molar-refractivity contribution in [3.8, 4) is 5.75 Å². The van der Waals surface area contributed by atoms with E-state index < -0.39 is 0 Å². The molecule has 2 saturated heterocycles. The molecule has 0 spiro atoms. The lowest BCUT2D eigenvalue weighted by molar-refractivity contribution is 0.0220. The lowest BCUT2D eigenvalue weighted by Gasteiger charge is -2.46. The van der Waals surface area contributed by atoms with Gasteiger partial charge in [0.1, 0.15) is 12.4 Å². The van der Waals surface area contributed by atoms with Gasteiger partial charge in [-0.1, -0.05) is 36.8 Å². The molecule has 2 unspecified atom stereocenters. The van der Waals surface area contributed by atoms with Crippen LogP contribution in [0.5, 0.6) is 5.75 Å². The van der Waals surface area contributed by atoms with Crippen molar-refractivity contribution in [1.29, 1.82) is 0 Å². The minimum absolute atomic E-state index is 0.484. The van der Waals surface area contributed by atoms with Crippen LogP contribution in [0.1, 0.15) is 44.1 Å². The number of hydrogen-bond acceptors (Lipinski definition) is 5. The molecular weight excluding hydrogens is 398 g/mol. The zero-order valence-corrected chi connectivity index (χ0v) is 19.1. The van der Waals surface area contributed by atoms with Crippen molar-refractivity contribution >= 4 is 5.69 Å². The maximum Gasteiger partial charge on any atom is 0.139 e. The van der Waals surface area contributed by atoms with Crippen LogP contribution in [0.2, 0.25) is 0 Å². The number of pyridine rings is 1. The summed E-state index contributed by atoms with van der Waals surface area (Å²) in [6.45, 7) is 5.72. The highest BCUT2D eigenvalue weighted by Crippen LogP contribution is 2.41. The fourth-order valence-electron chi connectivity index (χ4n) is 5.93. The molecule has 4 atom stereocenters. The molecule has 2 aliphatic heterocycles. The van der Waals surface area contributed by atoms with E-state index in [0.717, 1.165) is 57.0 Å². The van der Waals surface area contributed by atoms with Gasteiger partial charge in [0.2, 0.25) is 0 Å². The molecule has 32 heavy (non-hydrogen) atoms. The number of ether oxygens (including phenoxy) is 2. The van der Waals surface area contributed by atoms with Gasteiger partial charge in [-0.15, -0.1) is 0 Å². The Bertz CT molecular complexity index is 840. The van der Waals surface area contributed by atoms with Gasteiger partial charge in [-0.3, -0.25) is 4.98 Å². The maximum atomic E-state index is 6.16. The number of nitrogens with zero attached hydrogens (tertiary/aromatic N) is 2. The Balaban J connectivity index is 1.14. The van der Waals surface area contributed by atoms with Crippen LogP contribution < -0.4 is 15.0 Å². The third-order valence-electron chi connectivity index (χ3n) is 7.67. The molecule has 1 aromatic carbocycles. The van der Waals surface area contributed by atoms with Crippen molar-refractivity contribution in [3.05, 3.63) is 54.4 Å². The van der Waals surface area contributed by atoms with Crippen molar-refractivity contribution in [2.24, 2.45) is 17.8 Å². The van der Waals surface area contributed by atoms with Crippen molar-refractivity contribution in [2.75, 3.05) is 37.7 Å². The molecule has 5 heteroatoms. The summed E-state index contributed by atoms with van der Waals surface area (Å²) in [5.74, 6) is 3.15. The van der Waals surface area contributed by atoms with Gasteiger partial charge in [-0.2, -0.15) is 0 Å². The fraction of sp³-hybridized carbons (Fsp3) is 0.593. The zero-order chi connectivity index (χ0) is 21.6. The van der Waals surface area contributed by atoms with Gasteiger partial charge in [0.15, 0.2) is 0 Å². The third kappa shape index (κ3) is 5.44.